The van der Waals surface area contributed by atoms with Gasteiger partial charge in [-0.2, -0.15) is 0 Å². The van der Waals surface area contributed by atoms with Crippen LogP contribution in [0.25, 0.3) is 0 Å². The lowest BCUT2D eigenvalue weighted by Crippen LogP contribution is -2.36. The van der Waals surface area contributed by atoms with Crippen molar-refractivity contribution in [1.29, 1.82) is 0 Å². The van der Waals surface area contributed by atoms with Crippen LogP contribution in [0.3, 0.4) is 0 Å². The van der Waals surface area contributed by atoms with E-state index in [1.54, 1.807) is 24.3 Å². The third kappa shape index (κ3) is 7.52. The number of hydrogen-bond donors (Lipinski definition) is 0. The first-order valence-corrected chi connectivity index (χ1v) is 11.8. The van der Waals surface area contributed by atoms with Crippen LogP contribution in [0.5, 0.6) is 5.75 Å². The molecule has 36 heavy (non-hydrogen) atoms. The molecule has 3 aromatic carbocycles. The van der Waals surface area contributed by atoms with Crippen LogP contribution < -0.4 is 9.64 Å². The fourth-order valence-electron chi connectivity index (χ4n) is 3.31. The third-order valence-electron chi connectivity index (χ3n) is 5.21. The van der Waals surface area contributed by atoms with Crippen molar-refractivity contribution in [2.45, 2.75) is 48.9 Å². The highest BCUT2D eigenvalue weighted by Crippen LogP contribution is 2.32. The molecule has 0 atom stereocenters. The third-order valence-corrected chi connectivity index (χ3v) is 6.22. The van der Waals surface area contributed by atoms with Gasteiger partial charge in [0.25, 0.3) is 0 Å². The molecule has 0 saturated heterocycles. The summed E-state index contributed by atoms with van der Waals surface area (Å²) in [6, 6.07) is 20.3. The molecule has 9 heteroatoms. The number of amides is 1. The Morgan fingerprint density at radius 3 is 1.83 bits per heavy atom. The van der Waals surface area contributed by atoms with Gasteiger partial charge < -0.3 is 9.47 Å². The molecule has 0 unspecified atom stereocenters. The smallest absolute Gasteiger partial charge is 0.462 e. The van der Waals surface area contributed by atoms with Gasteiger partial charge in [0.2, 0.25) is 0 Å². The highest BCUT2D eigenvalue weighted by atomic mass is 32.2. The zero-order valence-electron chi connectivity index (χ0n) is 20.3. The molecule has 0 heterocycles. The van der Waals surface area contributed by atoms with Gasteiger partial charge in [-0.15, -0.1) is 13.2 Å². The maximum atomic E-state index is 12.8. The predicted octanol–water partition coefficient (Wildman–Crippen LogP) is 6.74. The molecule has 3 rings (SSSR count). The van der Waals surface area contributed by atoms with E-state index in [0.717, 1.165) is 23.1 Å². The average Bonchev–Trinajstić information content (AvgIpc) is 2.82. The number of carbonyl (C=O) groups excluding carboxylic acids is 2. The number of rotatable bonds is 6. The van der Waals surface area contributed by atoms with E-state index >= 15 is 0 Å². The standard InChI is InChI=1S/C27H26F3NO4S/c1-26(2,3)19-7-5-18(6-8-19)17-31(24(32)25(33)34-4)20-9-13-22(14-10-20)36-23-15-11-21(12-16-23)35-27(28,29)30/h5-16H,17H2,1-4H3. The summed E-state index contributed by atoms with van der Waals surface area (Å²) < 4.78 is 45.5. The van der Waals surface area contributed by atoms with Gasteiger partial charge in [0.05, 0.1) is 13.7 Å². The Hall–Kier alpha value is -3.46. The summed E-state index contributed by atoms with van der Waals surface area (Å²) >= 11 is 1.33. The summed E-state index contributed by atoms with van der Waals surface area (Å²) in [4.78, 5) is 27.6. The number of methoxy groups -OCH3 is 1. The largest absolute Gasteiger partial charge is 0.573 e. The second-order valence-corrected chi connectivity index (χ2v) is 10.1. The van der Waals surface area contributed by atoms with Crippen molar-refractivity contribution >= 4 is 29.3 Å². The van der Waals surface area contributed by atoms with Gasteiger partial charge in [-0.25, -0.2) is 4.79 Å². The number of hydrogen-bond acceptors (Lipinski definition) is 5. The molecular formula is C27H26F3NO4S. The van der Waals surface area contributed by atoms with E-state index in [1.165, 1.54) is 40.9 Å². The summed E-state index contributed by atoms with van der Waals surface area (Å²) in [5, 5.41) is 0. The Morgan fingerprint density at radius 1 is 0.833 bits per heavy atom. The summed E-state index contributed by atoms with van der Waals surface area (Å²) in [7, 11) is 1.15. The molecule has 0 radical (unpaired) electrons. The fourth-order valence-corrected chi connectivity index (χ4v) is 4.13. The molecule has 0 N–H and O–H groups in total. The Balaban J connectivity index is 1.77. The maximum Gasteiger partial charge on any atom is 0.573 e. The zero-order valence-corrected chi connectivity index (χ0v) is 21.1. The van der Waals surface area contributed by atoms with Crippen LogP contribution in [-0.4, -0.2) is 25.3 Å². The van der Waals surface area contributed by atoms with E-state index in [0.29, 0.717) is 10.6 Å². The SMILES string of the molecule is COC(=O)C(=O)N(Cc1ccc(C(C)(C)C)cc1)c1ccc(Sc2ccc(OC(F)(F)F)cc2)cc1. The Morgan fingerprint density at radius 2 is 1.36 bits per heavy atom. The van der Waals surface area contributed by atoms with E-state index in [-0.39, 0.29) is 17.7 Å². The summed E-state index contributed by atoms with van der Waals surface area (Å²) in [6.45, 7) is 6.50. The highest BCUT2D eigenvalue weighted by Gasteiger charge is 2.31. The summed E-state index contributed by atoms with van der Waals surface area (Å²) in [6.07, 6.45) is -4.74. The van der Waals surface area contributed by atoms with Crippen molar-refractivity contribution in [2.24, 2.45) is 0 Å². The molecule has 0 fully saturated rings. The quantitative estimate of drug-likeness (QED) is 0.268. The number of carbonyl (C=O) groups is 2. The lowest BCUT2D eigenvalue weighted by molar-refractivity contribution is -0.274. The molecular weight excluding hydrogens is 491 g/mol. The molecule has 0 saturated carbocycles. The van der Waals surface area contributed by atoms with Gasteiger partial charge in [-0.05, 0) is 65.1 Å². The van der Waals surface area contributed by atoms with Gasteiger partial charge in [-0.1, -0.05) is 56.8 Å². The van der Waals surface area contributed by atoms with Gasteiger partial charge in [0.1, 0.15) is 5.75 Å². The van der Waals surface area contributed by atoms with E-state index in [1.807, 2.05) is 24.3 Å². The second kappa shape index (κ2) is 11.1. The van der Waals surface area contributed by atoms with Gasteiger partial charge in [-0.3, -0.25) is 9.69 Å². The first-order chi connectivity index (χ1) is 16.9. The molecule has 0 aliphatic heterocycles. The average molecular weight is 518 g/mol. The molecule has 0 bridgehead atoms. The normalized spacial score (nSPS) is 11.6. The number of anilines is 1. The summed E-state index contributed by atoms with van der Waals surface area (Å²) in [5.41, 5.74) is 2.49. The molecule has 0 aliphatic carbocycles. The van der Waals surface area contributed by atoms with Crippen LogP contribution in [0.4, 0.5) is 18.9 Å². The van der Waals surface area contributed by atoms with Crippen LogP contribution in [0.1, 0.15) is 31.9 Å². The van der Waals surface area contributed by atoms with Crippen molar-refractivity contribution in [3.63, 3.8) is 0 Å². The maximum absolute atomic E-state index is 12.8. The molecule has 3 aromatic rings. The lowest BCUT2D eigenvalue weighted by atomic mass is 9.87. The first-order valence-electron chi connectivity index (χ1n) is 11.0. The van der Waals surface area contributed by atoms with Crippen LogP contribution in [0.15, 0.2) is 82.6 Å². The lowest BCUT2D eigenvalue weighted by Gasteiger charge is -2.23. The molecule has 5 nitrogen and oxygen atoms in total. The van der Waals surface area contributed by atoms with E-state index in [2.05, 4.69) is 30.2 Å². The van der Waals surface area contributed by atoms with Gasteiger partial charge in [0, 0.05) is 15.5 Å². The molecule has 0 aromatic heterocycles. The molecule has 190 valence electrons. The van der Waals surface area contributed by atoms with Crippen molar-refractivity contribution in [3.05, 3.63) is 83.9 Å². The Labute approximate surface area is 212 Å². The number of ether oxygens (including phenoxy) is 2. The predicted molar refractivity (Wildman–Crippen MR) is 132 cm³/mol. The van der Waals surface area contributed by atoms with Crippen LogP contribution in [0.2, 0.25) is 0 Å². The van der Waals surface area contributed by atoms with Crippen molar-refractivity contribution in [1.82, 2.24) is 0 Å². The highest BCUT2D eigenvalue weighted by molar-refractivity contribution is 7.99. The first kappa shape index (κ1) is 27.1. The minimum Gasteiger partial charge on any atom is -0.462 e. The molecule has 1 amide bonds. The monoisotopic (exact) mass is 517 g/mol. The van der Waals surface area contributed by atoms with Crippen molar-refractivity contribution in [3.8, 4) is 5.75 Å². The number of esters is 1. The van der Waals surface area contributed by atoms with Crippen LogP contribution in [0, 0.1) is 0 Å². The van der Waals surface area contributed by atoms with E-state index < -0.39 is 18.2 Å². The van der Waals surface area contributed by atoms with E-state index in [9.17, 15) is 22.8 Å². The Kier molecular flexibility index (Phi) is 8.35. The Bertz CT molecular complexity index is 1190. The van der Waals surface area contributed by atoms with Gasteiger partial charge >= 0.3 is 18.2 Å². The topological polar surface area (TPSA) is 55.8 Å². The second-order valence-electron chi connectivity index (χ2n) is 8.94. The van der Waals surface area contributed by atoms with Gasteiger partial charge in [0.15, 0.2) is 0 Å². The fraction of sp³-hybridized carbons (Fsp3) is 0.259. The van der Waals surface area contributed by atoms with Crippen LogP contribution in [-0.2, 0) is 26.3 Å². The summed E-state index contributed by atoms with van der Waals surface area (Å²) in [5.74, 6) is -2.06. The molecule has 0 aliphatic rings. The van der Waals surface area contributed by atoms with Crippen LogP contribution >= 0.6 is 11.8 Å². The number of nitrogens with zero attached hydrogens (tertiary/aromatic N) is 1. The number of benzene rings is 3. The minimum atomic E-state index is -4.74. The van der Waals surface area contributed by atoms with E-state index in [4.69, 9.17) is 0 Å². The van der Waals surface area contributed by atoms with Crippen molar-refractivity contribution in [2.75, 3.05) is 12.0 Å². The zero-order chi connectivity index (χ0) is 26.5. The van der Waals surface area contributed by atoms with Crippen molar-refractivity contribution < 1.29 is 32.2 Å². The number of halogens is 3. The molecule has 0 spiro atoms. The number of alkyl halides is 3. The minimum absolute atomic E-state index is 0.0147.